The van der Waals surface area contributed by atoms with Gasteiger partial charge in [-0.3, -0.25) is 19.3 Å². The van der Waals surface area contributed by atoms with Crippen molar-refractivity contribution in [3.8, 4) is 17.0 Å². The summed E-state index contributed by atoms with van der Waals surface area (Å²) in [5.74, 6) is -3.64. The normalized spacial score (nSPS) is 18.3. The molecule has 2 aromatic carbocycles. The number of carbonyl (C=O) groups is 4. The maximum Gasteiger partial charge on any atom is 0.407 e. The van der Waals surface area contributed by atoms with Crippen LogP contribution in [0.15, 0.2) is 54.7 Å². The first-order valence-electron chi connectivity index (χ1n) is 17.6. The molecule has 5 rings (SSSR count). The molecular weight excluding hydrogens is 709 g/mol. The summed E-state index contributed by atoms with van der Waals surface area (Å²) in [4.78, 5) is 57.4. The Bertz CT molecular complexity index is 1880. The van der Waals surface area contributed by atoms with E-state index in [1.54, 1.807) is 31.4 Å². The Kier molecular flexibility index (Phi) is 12.5. The molecule has 290 valence electrons. The molecule has 1 fully saturated rings. The van der Waals surface area contributed by atoms with Crippen molar-refractivity contribution in [2.45, 2.75) is 59.0 Å². The minimum absolute atomic E-state index is 0.000653. The van der Waals surface area contributed by atoms with Gasteiger partial charge in [-0.25, -0.2) is 22.9 Å². The van der Waals surface area contributed by atoms with Crippen LogP contribution in [-0.2, 0) is 25.7 Å². The number of imide groups is 1. The largest absolute Gasteiger partial charge is 0.508 e. The van der Waals surface area contributed by atoms with Gasteiger partial charge < -0.3 is 35.1 Å². The number of aromatic nitrogens is 2. The number of aliphatic hydroxyl groups is 1. The quantitative estimate of drug-likeness (QED) is 0.169. The minimum Gasteiger partial charge on any atom is -0.508 e. The second kappa shape index (κ2) is 16.8. The van der Waals surface area contributed by atoms with Gasteiger partial charge in [-0.2, -0.15) is 0 Å². The number of hydrogen-bond acceptors (Lipinski definition) is 9. The zero-order valence-electron chi connectivity index (χ0n) is 30.5. The Hall–Kier alpha value is -5.22. The van der Waals surface area contributed by atoms with Crippen molar-refractivity contribution in [2.24, 2.45) is 11.3 Å². The smallest absolute Gasteiger partial charge is 0.407 e. The van der Waals surface area contributed by atoms with Crippen molar-refractivity contribution in [2.75, 3.05) is 39.3 Å². The third-order valence-electron chi connectivity index (χ3n) is 9.60. The summed E-state index contributed by atoms with van der Waals surface area (Å²) in [6.07, 6.45) is 0.216. The maximum absolute atomic E-state index is 15.2. The molecule has 1 saturated heterocycles. The second-order valence-corrected chi connectivity index (χ2v) is 14.4. The first-order chi connectivity index (χ1) is 25.5. The van der Waals surface area contributed by atoms with Gasteiger partial charge in [-0.05, 0) is 67.1 Å². The fourth-order valence-electron chi connectivity index (χ4n) is 6.85. The summed E-state index contributed by atoms with van der Waals surface area (Å²) in [6, 6.07) is 6.81. The average Bonchev–Trinajstić information content (AvgIpc) is 3.79. The number of hydrogen-bond donors (Lipinski definition) is 4. The van der Waals surface area contributed by atoms with Gasteiger partial charge in [-0.15, -0.1) is 0 Å². The Morgan fingerprint density at radius 1 is 1.13 bits per heavy atom. The van der Waals surface area contributed by atoms with Crippen molar-refractivity contribution in [1.82, 2.24) is 30.0 Å². The zero-order chi connectivity index (χ0) is 39.3. The van der Waals surface area contributed by atoms with Crippen LogP contribution >= 0.6 is 0 Å². The molecule has 4 amide bonds. The van der Waals surface area contributed by atoms with Crippen LogP contribution in [0.25, 0.3) is 11.3 Å². The number of rotatable bonds is 15. The van der Waals surface area contributed by atoms with Crippen LogP contribution in [0.3, 0.4) is 0 Å². The van der Waals surface area contributed by atoms with Gasteiger partial charge in [0.2, 0.25) is 0 Å². The third kappa shape index (κ3) is 9.46. The number of alkyl halides is 1. The first kappa shape index (κ1) is 40.0. The Labute approximate surface area is 310 Å². The number of benzene rings is 2. The van der Waals surface area contributed by atoms with E-state index in [1.165, 1.54) is 24.1 Å². The van der Waals surface area contributed by atoms with Crippen molar-refractivity contribution < 1.29 is 47.3 Å². The van der Waals surface area contributed by atoms with Gasteiger partial charge in [0.1, 0.15) is 35.5 Å². The lowest BCUT2D eigenvalue weighted by Crippen LogP contribution is -2.50. The molecular formula is C38H45F3N6O7. The summed E-state index contributed by atoms with van der Waals surface area (Å²) in [5, 5.41) is 26.6. The number of carbonyl (C=O) groups excluding carboxylic acids is 4. The van der Waals surface area contributed by atoms with Gasteiger partial charge in [0.15, 0.2) is 0 Å². The fraction of sp³-hybridized carbons (Fsp3) is 0.447. The van der Waals surface area contributed by atoms with Crippen molar-refractivity contribution in [3.63, 3.8) is 0 Å². The van der Waals surface area contributed by atoms with Crippen LogP contribution in [0.5, 0.6) is 5.75 Å². The predicted molar refractivity (Wildman–Crippen MR) is 191 cm³/mol. The molecule has 16 heteroatoms. The van der Waals surface area contributed by atoms with E-state index in [1.807, 2.05) is 6.07 Å². The highest BCUT2D eigenvalue weighted by Crippen LogP contribution is 2.43. The molecule has 1 aromatic heterocycles. The molecule has 0 bridgehead atoms. The van der Waals surface area contributed by atoms with Gasteiger partial charge in [0, 0.05) is 69.1 Å². The van der Waals surface area contributed by atoms with E-state index in [-0.39, 0.29) is 75.1 Å². The summed E-state index contributed by atoms with van der Waals surface area (Å²) in [6.45, 7) is 6.57. The number of aromatic hydroxyl groups is 1. The van der Waals surface area contributed by atoms with E-state index >= 15 is 8.78 Å². The first-order valence-corrected chi connectivity index (χ1v) is 17.6. The number of aliphatic hydroxyl groups excluding tert-OH is 1. The van der Waals surface area contributed by atoms with Crippen molar-refractivity contribution in [3.05, 3.63) is 83.3 Å². The van der Waals surface area contributed by atoms with Crippen molar-refractivity contribution in [1.29, 1.82) is 0 Å². The number of halogens is 3. The van der Waals surface area contributed by atoms with Gasteiger partial charge in [0.05, 0.1) is 18.3 Å². The molecule has 13 nitrogen and oxygen atoms in total. The summed E-state index contributed by atoms with van der Waals surface area (Å²) in [5.41, 5.74) is 0.205. The van der Waals surface area contributed by atoms with Crippen LogP contribution < -0.4 is 10.6 Å². The SMILES string of the molecule is Cc1cc(O)cc(Cn2cc(-c3cc(F)ccc3F)nc2[C@H](N(C[C@@H]2CNC[C@@H]2F)C(=O)[C@H](C)O)C(C)(C)CCOC(=O)NCCN2C(=O)C=CC2=O)c1. The molecule has 0 saturated carbocycles. The topological polar surface area (TPSA) is 166 Å². The van der Waals surface area contributed by atoms with E-state index in [0.717, 1.165) is 40.8 Å². The van der Waals surface area contributed by atoms with E-state index in [0.29, 0.717) is 5.56 Å². The maximum atomic E-state index is 15.2. The minimum atomic E-state index is -1.51. The van der Waals surface area contributed by atoms with Crippen LogP contribution in [-0.4, -0.2) is 105 Å². The molecule has 0 spiro atoms. The average molecular weight is 755 g/mol. The van der Waals surface area contributed by atoms with Gasteiger partial charge in [0.25, 0.3) is 17.7 Å². The Morgan fingerprint density at radius 3 is 2.50 bits per heavy atom. The van der Waals surface area contributed by atoms with Gasteiger partial charge in [-0.1, -0.05) is 19.9 Å². The summed E-state index contributed by atoms with van der Waals surface area (Å²) >= 11 is 0. The Balaban J connectivity index is 1.52. The molecule has 0 aliphatic carbocycles. The molecule has 0 unspecified atom stereocenters. The molecule has 2 aliphatic rings. The van der Waals surface area contributed by atoms with E-state index in [9.17, 15) is 33.8 Å². The van der Waals surface area contributed by atoms with Crippen LogP contribution in [0, 0.1) is 29.9 Å². The summed E-state index contributed by atoms with van der Waals surface area (Å²) < 4.78 is 52.0. The standard InChI is InChI=1S/C38H45F3N6O7/c1-22-13-24(15-27(49)14-22)19-45-21-31(28-16-26(39)5-6-29(28)40)44-35(45)34(47(36(52)23(2)48)20-25-17-42-18-30(25)41)38(3,4)9-12-54-37(53)43-10-11-46-32(50)7-8-33(46)51/h5-8,13-16,21,23,25,30,34,42,48-49H,9-12,17-20H2,1-4H3,(H,43,53)/t23-,25-,30-,34-/m0/s1. The lowest BCUT2D eigenvalue weighted by Gasteiger charge is -2.43. The monoisotopic (exact) mass is 754 g/mol. The van der Waals surface area contributed by atoms with E-state index < -0.39 is 65.1 Å². The lowest BCUT2D eigenvalue weighted by molar-refractivity contribution is -0.146. The zero-order valence-corrected chi connectivity index (χ0v) is 30.5. The van der Waals surface area contributed by atoms with E-state index in [2.05, 4.69) is 10.6 Å². The Morgan fingerprint density at radius 2 is 1.85 bits per heavy atom. The number of alkyl carbamates (subject to hydrolysis) is 1. The lowest BCUT2D eigenvalue weighted by atomic mass is 9.79. The highest BCUT2D eigenvalue weighted by molar-refractivity contribution is 6.12. The number of ether oxygens (including phenoxy) is 1. The second-order valence-electron chi connectivity index (χ2n) is 14.4. The molecule has 3 aromatic rings. The number of amides is 4. The molecule has 4 N–H and O–H groups in total. The number of nitrogens with one attached hydrogen (secondary N) is 2. The van der Waals surface area contributed by atoms with Crippen LogP contribution in [0.2, 0.25) is 0 Å². The molecule has 54 heavy (non-hydrogen) atoms. The highest BCUT2D eigenvalue weighted by Gasteiger charge is 2.44. The number of aryl methyl sites for hydroxylation is 1. The van der Waals surface area contributed by atoms with Crippen molar-refractivity contribution >= 4 is 23.8 Å². The molecule has 0 radical (unpaired) electrons. The van der Waals surface area contributed by atoms with Gasteiger partial charge >= 0.3 is 6.09 Å². The predicted octanol–water partition coefficient (Wildman–Crippen LogP) is 3.77. The number of phenolic OH excluding ortho intramolecular Hbond substituents is 1. The van der Waals surface area contributed by atoms with Crippen LogP contribution in [0.4, 0.5) is 18.0 Å². The summed E-state index contributed by atoms with van der Waals surface area (Å²) in [7, 11) is 0. The number of nitrogens with zero attached hydrogens (tertiary/aromatic N) is 4. The van der Waals surface area contributed by atoms with E-state index in [4.69, 9.17) is 9.72 Å². The molecule has 2 aliphatic heterocycles. The van der Waals surface area contributed by atoms with Crippen LogP contribution in [0.1, 0.15) is 50.2 Å². The third-order valence-corrected chi connectivity index (χ3v) is 9.60. The molecule has 3 heterocycles. The number of phenols is 1. The fourth-order valence-corrected chi connectivity index (χ4v) is 6.85. The molecule has 4 atom stereocenters. The highest BCUT2D eigenvalue weighted by atomic mass is 19.1. The number of imidazole rings is 1.